The highest BCUT2D eigenvalue weighted by Gasteiger charge is 2.36. The quantitative estimate of drug-likeness (QED) is 0.179. The molecule has 1 atom stereocenters. The molecule has 0 saturated carbocycles. The summed E-state index contributed by atoms with van der Waals surface area (Å²) in [6, 6.07) is 9.69. The van der Waals surface area contributed by atoms with Crippen LogP contribution in [0.3, 0.4) is 0 Å². The number of benzene rings is 3. The Balaban J connectivity index is 1.58. The lowest BCUT2D eigenvalue weighted by atomic mass is 9.91. The number of aromatic amines is 1. The Hall–Kier alpha value is -4.21. The number of methoxy groups -OCH3 is 1. The third kappa shape index (κ3) is 4.62. The summed E-state index contributed by atoms with van der Waals surface area (Å²) in [5.74, 6) is -3.75. The van der Waals surface area contributed by atoms with E-state index in [1.165, 1.54) is 30.2 Å². The first kappa shape index (κ1) is 25.4. The smallest absolute Gasteiger partial charge is 0.416 e. The minimum atomic E-state index is -4.55. The summed E-state index contributed by atoms with van der Waals surface area (Å²) in [6.07, 6.45) is -1.89. The summed E-state index contributed by atoms with van der Waals surface area (Å²) in [5.41, 5.74) is 0.870. The first-order valence-corrected chi connectivity index (χ1v) is 11.6. The van der Waals surface area contributed by atoms with Crippen molar-refractivity contribution in [3.8, 4) is 5.75 Å². The van der Waals surface area contributed by atoms with Crippen molar-refractivity contribution in [1.29, 1.82) is 0 Å². The van der Waals surface area contributed by atoms with Gasteiger partial charge in [0.1, 0.15) is 17.6 Å². The number of nitrogens with zero attached hydrogens (tertiary/aromatic N) is 1. The summed E-state index contributed by atoms with van der Waals surface area (Å²) in [4.78, 5) is 17.8. The molecule has 0 bridgehead atoms. The number of aromatic nitrogens is 1. The molecule has 1 amide bonds. The van der Waals surface area contributed by atoms with Crippen LogP contribution < -0.4 is 4.74 Å². The van der Waals surface area contributed by atoms with Crippen molar-refractivity contribution in [2.75, 3.05) is 13.7 Å². The Labute approximate surface area is 213 Å². The molecule has 0 saturated heterocycles. The van der Waals surface area contributed by atoms with Crippen LogP contribution in [0.5, 0.6) is 5.75 Å². The van der Waals surface area contributed by atoms with Gasteiger partial charge in [-0.3, -0.25) is 4.79 Å². The van der Waals surface area contributed by atoms with E-state index in [4.69, 9.17) is 4.74 Å². The van der Waals surface area contributed by atoms with Crippen molar-refractivity contribution in [3.05, 3.63) is 106 Å². The monoisotopic (exact) mass is 530 g/mol. The van der Waals surface area contributed by atoms with Gasteiger partial charge in [-0.1, -0.05) is 12.1 Å². The van der Waals surface area contributed by atoms with Crippen LogP contribution in [0.15, 0.2) is 60.7 Å². The number of carbonyl (C=O) groups excluding carboxylic acids is 1. The van der Waals surface area contributed by atoms with Crippen LogP contribution in [0, 0.1) is 17.5 Å². The topological polar surface area (TPSA) is 45.3 Å². The average Bonchev–Trinajstić information content (AvgIpc) is 3.26. The third-order valence-corrected chi connectivity index (χ3v) is 6.58. The highest BCUT2D eigenvalue weighted by atomic mass is 19.4. The molecule has 2 heterocycles. The number of alkyl halides is 3. The van der Waals surface area contributed by atoms with Crippen LogP contribution in [0.1, 0.15) is 34.0 Å². The zero-order chi connectivity index (χ0) is 27.2. The SMILES string of the molecule is COc1ccc2[nH]c3c(c2c1)CCN(C(=O)/C=C/c1cccc(C(F)(F)F)c1)[C@@H]3c1cc(F)c(F)cc1F. The Bertz CT molecular complexity index is 1570. The Morgan fingerprint density at radius 1 is 1.03 bits per heavy atom. The van der Waals surface area contributed by atoms with Gasteiger partial charge in [-0.15, -0.1) is 0 Å². The van der Waals surface area contributed by atoms with Crippen molar-refractivity contribution < 1.29 is 35.9 Å². The first-order valence-electron chi connectivity index (χ1n) is 11.6. The van der Waals surface area contributed by atoms with Gasteiger partial charge in [-0.05, 0) is 60.0 Å². The number of H-pyrrole nitrogens is 1. The number of hydrogen-bond donors (Lipinski definition) is 1. The van der Waals surface area contributed by atoms with E-state index in [1.807, 2.05) is 0 Å². The van der Waals surface area contributed by atoms with Crippen molar-refractivity contribution in [3.63, 3.8) is 0 Å². The fourth-order valence-electron chi connectivity index (χ4n) is 4.78. The number of nitrogens with one attached hydrogen (secondary N) is 1. The van der Waals surface area contributed by atoms with Gasteiger partial charge < -0.3 is 14.6 Å². The van der Waals surface area contributed by atoms with E-state index in [2.05, 4.69) is 4.98 Å². The molecule has 5 rings (SSSR count). The molecule has 0 fully saturated rings. The maximum Gasteiger partial charge on any atom is 0.416 e. The predicted molar refractivity (Wildman–Crippen MR) is 129 cm³/mol. The van der Waals surface area contributed by atoms with Gasteiger partial charge in [0, 0.05) is 40.8 Å². The van der Waals surface area contributed by atoms with Crippen molar-refractivity contribution in [2.45, 2.75) is 18.6 Å². The highest BCUT2D eigenvalue weighted by Crippen LogP contribution is 2.41. The normalized spacial score (nSPS) is 15.8. The summed E-state index contributed by atoms with van der Waals surface area (Å²) < 4.78 is 87.5. The minimum absolute atomic E-state index is 0.0893. The molecule has 0 unspecified atom stereocenters. The van der Waals surface area contributed by atoms with Crippen LogP contribution in [-0.2, 0) is 17.4 Å². The summed E-state index contributed by atoms with van der Waals surface area (Å²) in [7, 11) is 1.51. The minimum Gasteiger partial charge on any atom is -0.497 e. The molecule has 196 valence electrons. The second-order valence-electron chi connectivity index (χ2n) is 8.86. The Kier molecular flexibility index (Phi) is 6.42. The van der Waals surface area contributed by atoms with Gasteiger partial charge in [0.25, 0.3) is 0 Å². The standard InChI is InChI=1S/C28H20F6N2O2/c1-38-17-6-7-24-19(12-17)18-9-10-36(25(37)8-5-15-3-2-4-16(11-15)28(32,33)34)27(26(18)35-24)20-13-22(30)23(31)14-21(20)29/h2-8,11-14,27,35H,9-10H2,1H3/b8-5+/t27-/m1/s1. The number of halogens is 6. The van der Waals surface area contributed by atoms with Gasteiger partial charge in [0.15, 0.2) is 11.6 Å². The molecule has 1 N–H and O–H groups in total. The summed E-state index contributed by atoms with van der Waals surface area (Å²) in [5, 5.41) is 0.777. The molecule has 10 heteroatoms. The van der Waals surface area contributed by atoms with Gasteiger partial charge in [-0.2, -0.15) is 13.2 Å². The number of fused-ring (bicyclic) bond motifs is 3. The first-order chi connectivity index (χ1) is 18.1. The molecule has 3 aromatic carbocycles. The van der Waals surface area contributed by atoms with Crippen LogP contribution >= 0.6 is 0 Å². The lowest BCUT2D eigenvalue weighted by molar-refractivity contribution is -0.137. The fourth-order valence-corrected chi connectivity index (χ4v) is 4.78. The second kappa shape index (κ2) is 9.59. The second-order valence-corrected chi connectivity index (χ2v) is 8.86. The molecule has 1 aromatic heterocycles. The number of ether oxygens (including phenoxy) is 1. The maximum absolute atomic E-state index is 15.0. The van der Waals surface area contributed by atoms with E-state index in [0.717, 1.165) is 29.2 Å². The lowest BCUT2D eigenvalue weighted by Gasteiger charge is -2.35. The van der Waals surface area contributed by atoms with Gasteiger partial charge in [-0.25, -0.2) is 13.2 Å². The third-order valence-electron chi connectivity index (χ3n) is 6.58. The van der Waals surface area contributed by atoms with Crippen LogP contribution in [0.2, 0.25) is 0 Å². The van der Waals surface area contributed by atoms with E-state index in [1.54, 1.807) is 18.2 Å². The molecule has 0 aliphatic carbocycles. The molecular weight excluding hydrogens is 510 g/mol. The molecule has 38 heavy (non-hydrogen) atoms. The fraction of sp³-hybridized carbons (Fsp3) is 0.179. The van der Waals surface area contributed by atoms with E-state index < -0.39 is 41.1 Å². The summed E-state index contributed by atoms with van der Waals surface area (Å²) >= 11 is 0. The maximum atomic E-state index is 15.0. The Morgan fingerprint density at radius 2 is 1.79 bits per heavy atom. The molecule has 4 aromatic rings. The van der Waals surface area contributed by atoms with E-state index in [-0.39, 0.29) is 17.7 Å². The molecular formula is C28H20F6N2O2. The van der Waals surface area contributed by atoms with Gasteiger partial charge in [0.2, 0.25) is 5.91 Å². The lowest BCUT2D eigenvalue weighted by Crippen LogP contribution is -2.40. The number of amides is 1. The number of carbonyl (C=O) groups is 1. The molecule has 1 aliphatic heterocycles. The zero-order valence-corrected chi connectivity index (χ0v) is 19.9. The van der Waals surface area contributed by atoms with Crippen LogP contribution in [0.25, 0.3) is 17.0 Å². The largest absolute Gasteiger partial charge is 0.497 e. The van der Waals surface area contributed by atoms with Crippen LogP contribution in [-0.4, -0.2) is 29.4 Å². The van der Waals surface area contributed by atoms with Crippen molar-refractivity contribution in [2.24, 2.45) is 0 Å². The van der Waals surface area contributed by atoms with E-state index in [9.17, 15) is 26.7 Å². The van der Waals surface area contributed by atoms with Crippen molar-refractivity contribution in [1.82, 2.24) is 9.88 Å². The van der Waals surface area contributed by atoms with E-state index >= 15 is 4.39 Å². The van der Waals surface area contributed by atoms with Crippen LogP contribution in [0.4, 0.5) is 26.3 Å². The Morgan fingerprint density at radius 3 is 2.53 bits per heavy atom. The predicted octanol–water partition coefficient (Wildman–Crippen LogP) is 6.80. The van der Waals surface area contributed by atoms with E-state index in [0.29, 0.717) is 35.5 Å². The average molecular weight is 530 g/mol. The number of hydrogen-bond acceptors (Lipinski definition) is 2. The molecule has 4 nitrogen and oxygen atoms in total. The molecule has 0 spiro atoms. The summed E-state index contributed by atoms with van der Waals surface area (Å²) in [6.45, 7) is 0.0893. The molecule has 0 radical (unpaired) electrons. The molecule has 1 aliphatic rings. The van der Waals surface area contributed by atoms with Gasteiger partial charge in [0.05, 0.1) is 12.7 Å². The number of rotatable bonds is 4. The van der Waals surface area contributed by atoms with Crippen molar-refractivity contribution >= 4 is 22.9 Å². The zero-order valence-electron chi connectivity index (χ0n) is 19.9. The van der Waals surface area contributed by atoms with Gasteiger partial charge >= 0.3 is 6.18 Å². The highest BCUT2D eigenvalue weighted by molar-refractivity contribution is 5.93.